The van der Waals surface area contributed by atoms with Crippen molar-refractivity contribution in [1.82, 2.24) is 25.1 Å². The number of hydrogen-bond acceptors (Lipinski definition) is 6. The zero-order chi connectivity index (χ0) is 30.3. The van der Waals surface area contributed by atoms with Crippen LogP contribution in [0, 0.1) is 0 Å². The molecule has 2 fully saturated rings. The Morgan fingerprint density at radius 2 is 1.83 bits per heavy atom. The molecule has 41 heavy (non-hydrogen) atoms. The van der Waals surface area contributed by atoms with E-state index in [0.29, 0.717) is 6.41 Å². The van der Waals surface area contributed by atoms with Crippen LogP contribution in [-0.2, 0) is 38.4 Å². The van der Waals surface area contributed by atoms with Crippen molar-refractivity contribution in [1.29, 1.82) is 0 Å². The zero-order valence-corrected chi connectivity index (χ0v) is 23.8. The van der Waals surface area contributed by atoms with Crippen LogP contribution in [0.1, 0.15) is 29.5 Å². The molecule has 2 unspecified atom stereocenters. The van der Waals surface area contributed by atoms with Crippen LogP contribution < -0.4 is 10.6 Å². The van der Waals surface area contributed by atoms with Gasteiger partial charge in [0.15, 0.2) is 0 Å². The zero-order valence-electron chi connectivity index (χ0n) is 22.7. The first-order chi connectivity index (χ1) is 19.3. The molecule has 2 aromatic rings. The minimum atomic E-state index is -4.55. The van der Waals surface area contributed by atoms with Gasteiger partial charge in [-0.05, 0) is 42.0 Å². The van der Waals surface area contributed by atoms with Gasteiger partial charge in [0.05, 0.1) is 18.7 Å². The predicted molar refractivity (Wildman–Crippen MR) is 147 cm³/mol. The number of aliphatic carboxylic acids is 1. The van der Waals surface area contributed by atoms with E-state index in [2.05, 4.69) is 38.8 Å². The van der Waals surface area contributed by atoms with E-state index >= 15 is 0 Å². The molecule has 3 atom stereocenters. The first-order valence-electron chi connectivity index (χ1n) is 12.8. The average molecular weight is 596 g/mol. The summed E-state index contributed by atoms with van der Waals surface area (Å²) in [4.78, 5) is 50.9. The Morgan fingerprint density at radius 1 is 1.15 bits per heavy atom. The molecule has 2 N–H and O–H groups in total. The molecule has 0 aliphatic carbocycles. The van der Waals surface area contributed by atoms with Gasteiger partial charge in [-0.25, -0.2) is 5.01 Å². The highest BCUT2D eigenvalue weighted by Crippen LogP contribution is 2.31. The second kappa shape index (κ2) is 13.9. The molecule has 0 radical (unpaired) electrons. The van der Waals surface area contributed by atoms with E-state index in [-0.39, 0.29) is 38.0 Å². The fourth-order valence-corrected chi connectivity index (χ4v) is 4.96. The van der Waals surface area contributed by atoms with Gasteiger partial charge in [-0.3, -0.25) is 24.2 Å². The number of amides is 3. The van der Waals surface area contributed by atoms with Crippen molar-refractivity contribution in [3.05, 3.63) is 65.2 Å². The first kappa shape index (κ1) is 32.0. The highest BCUT2D eigenvalue weighted by molar-refractivity contribution is 7.27. The number of carboxylic acids is 1. The highest BCUT2D eigenvalue weighted by atomic mass is 31.0. The summed E-state index contributed by atoms with van der Waals surface area (Å²) in [7, 11) is 6.14. The number of hydrazine groups is 1. The largest absolute Gasteiger partial charge is 0.481 e. The van der Waals surface area contributed by atoms with Crippen LogP contribution in [0.15, 0.2) is 48.5 Å². The molecular weight excluding hydrogens is 562 g/mol. The van der Waals surface area contributed by atoms with Crippen LogP contribution in [0.2, 0.25) is 0 Å². The van der Waals surface area contributed by atoms with E-state index in [1.54, 1.807) is 0 Å². The lowest BCUT2D eigenvalue weighted by molar-refractivity contribution is -0.197. The molecular formula is C27H33F3N5O5P. The van der Waals surface area contributed by atoms with Crippen molar-refractivity contribution >= 4 is 38.7 Å². The van der Waals surface area contributed by atoms with Gasteiger partial charge < -0.3 is 20.2 Å². The molecule has 2 aliphatic rings. The number of nitrogens with zero attached hydrogens (tertiary/aromatic N) is 4. The van der Waals surface area contributed by atoms with Gasteiger partial charge in [0.2, 0.25) is 18.2 Å². The van der Waals surface area contributed by atoms with Crippen molar-refractivity contribution in [3.63, 3.8) is 0 Å². The van der Waals surface area contributed by atoms with Gasteiger partial charge in [0.25, 0.3) is 0 Å². The number of piperazine rings is 1. The molecule has 4 rings (SSSR count). The molecule has 2 saturated heterocycles. The second-order valence-electron chi connectivity index (χ2n) is 9.72. The van der Waals surface area contributed by atoms with Gasteiger partial charge in [-0.15, -0.1) is 9.24 Å². The summed E-state index contributed by atoms with van der Waals surface area (Å²) in [5, 5.41) is 16.0. The van der Waals surface area contributed by atoms with Crippen molar-refractivity contribution in [2.45, 2.75) is 44.3 Å². The molecule has 2 aliphatic heterocycles. The lowest BCUT2D eigenvalue weighted by Crippen LogP contribution is -2.73. The van der Waals surface area contributed by atoms with E-state index in [1.807, 2.05) is 7.05 Å². The van der Waals surface area contributed by atoms with Crippen molar-refractivity contribution in [2.24, 2.45) is 0 Å². The number of likely N-dealkylation sites (N-methyl/N-ethyl adjacent to an activating group) is 1. The number of carboxylic acid groups (broad SMARTS) is 1. The number of alkyl halides is 3. The number of nitrogens with one attached hydrogen (secondary N) is 1. The van der Waals surface area contributed by atoms with Crippen LogP contribution >= 0.6 is 9.24 Å². The number of rotatable bonds is 8. The SMILES string of the molecule is CN1CC(=O)N2C(CCC(=O)O)C(=O)N(Cc3cccc(C(F)(F)F)c3)C[C@@H]2N1C=O.CNCc1ccc(P)cc1. The third-order valence-corrected chi connectivity index (χ3v) is 7.10. The maximum atomic E-state index is 13.1. The number of carbonyl (C=O) groups excluding carboxylic acids is 3. The van der Waals surface area contributed by atoms with Crippen LogP contribution in [0.4, 0.5) is 13.2 Å². The molecule has 3 amide bonds. The van der Waals surface area contributed by atoms with E-state index in [0.717, 1.165) is 18.7 Å². The lowest BCUT2D eigenvalue weighted by Gasteiger charge is -2.53. The summed E-state index contributed by atoms with van der Waals surface area (Å²) >= 11 is 0. The minimum absolute atomic E-state index is 0.118. The summed E-state index contributed by atoms with van der Waals surface area (Å²) in [6.45, 7) is 0.486. The van der Waals surface area contributed by atoms with Crippen LogP contribution in [0.5, 0.6) is 0 Å². The third kappa shape index (κ3) is 8.25. The minimum Gasteiger partial charge on any atom is -0.481 e. The number of benzene rings is 2. The number of carbonyl (C=O) groups is 4. The van der Waals surface area contributed by atoms with Gasteiger partial charge in [-0.2, -0.15) is 13.2 Å². The maximum Gasteiger partial charge on any atom is 0.416 e. The number of halogens is 3. The summed E-state index contributed by atoms with van der Waals surface area (Å²) in [6, 6.07) is 11.8. The van der Waals surface area contributed by atoms with Crippen molar-refractivity contribution in [2.75, 3.05) is 27.2 Å². The summed E-state index contributed by atoms with van der Waals surface area (Å²) < 4.78 is 39.1. The molecule has 10 nitrogen and oxygen atoms in total. The summed E-state index contributed by atoms with van der Waals surface area (Å²) in [5.74, 6) is -2.17. The normalized spacial score (nSPS) is 19.4. The molecule has 0 bridgehead atoms. The van der Waals surface area contributed by atoms with Crippen LogP contribution in [0.3, 0.4) is 0 Å². The smallest absolute Gasteiger partial charge is 0.416 e. The fourth-order valence-electron chi connectivity index (χ4n) is 4.77. The van der Waals surface area contributed by atoms with Crippen molar-refractivity contribution in [3.8, 4) is 0 Å². The van der Waals surface area contributed by atoms with Gasteiger partial charge in [-0.1, -0.05) is 36.4 Å². The summed E-state index contributed by atoms with van der Waals surface area (Å²) in [6.07, 6.45) is -5.50. The average Bonchev–Trinajstić information content (AvgIpc) is 2.90. The highest BCUT2D eigenvalue weighted by Gasteiger charge is 2.49. The molecule has 0 spiro atoms. The molecule has 222 valence electrons. The third-order valence-electron chi connectivity index (χ3n) is 6.72. The molecule has 0 aromatic heterocycles. The van der Waals surface area contributed by atoms with Gasteiger partial charge in [0.1, 0.15) is 12.2 Å². The molecule has 0 saturated carbocycles. The molecule has 2 heterocycles. The van der Waals surface area contributed by atoms with Crippen LogP contribution in [0.25, 0.3) is 0 Å². The standard InChI is InChI=1S/C19H21F3N4O5.C8H12NP/c1-23-10-16(28)26-14(5-6-17(29)30)18(31)24(9-15(26)25(23)11-27)8-12-3-2-4-13(7-12)19(20,21)22;1-9-6-7-2-4-8(10)5-3-7/h2-4,7,11,14-15H,5-6,8-10H2,1H3,(H,29,30);2-5,9H,6,10H2,1H3/t14?,15-;/m1./s1. The summed E-state index contributed by atoms with van der Waals surface area (Å²) in [5.41, 5.74) is 0.691. The Morgan fingerprint density at radius 3 is 2.41 bits per heavy atom. The quantitative estimate of drug-likeness (QED) is 0.353. The Balaban J connectivity index is 0.000000389. The Bertz CT molecular complexity index is 1250. The van der Waals surface area contributed by atoms with E-state index in [1.165, 1.54) is 49.9 Å². The van der Waals surface area contributed by atoms with Crippen molar-refractivity contribution < 1.29 is 37.5 Å². The molecule has 14 heteroatoms. The fraction of sp³-hybridized carbons (Fsp3) is 0.407. The van der Waals surface area contributed by atoms with E-state index < -0.39 is 41.7 Å². The lowest BCUT2D eigenvalue weighted by atomic mass is 10.0. The van der Waals surface area contributed by atoms with Crippen LogP contribution in [-0.4, -0.2) is 88.5 Å². The van der Waals surface area contributed by atoms with E-state index in [9.17, 15) is 32.3 Å². The van der Waals surface area contributed by atoms with Gasteiger partial charge in [0, 0.05) is 26.6 Å². The Hall–Kier alpha value is -3.54. The predicted octanol–water partition coefficient (Wildman–Crippen LogP) is 1.66. The maximum absolute atomic E-state index is 13.1. The van der Waals surface area contributed by atoms with Gasteiger partial charge >= 0.3 is 12.1 Å². The Labute approximate surface area is 238 Å². The Kier molecular flexibility index (Phi) is 10.8. The first-order valence-corrected chi connectivity index (χ1v) is 13.3. The second-order valence-corrected chi connectivity index (χ2v) is 10.4. The molecule has 2 aromatic carbocycles. The number of fused-ring (bicyclic) bond motifs is 1. The topological polar surface area (TPSA) is 114 Å². The van der Waals surface area contributed by atoms with E-state index in [4.69, 9.17) is 5.11 Å². The monoisotopic (exact) mass is 595 g/mol. The number of hydrogen-bond donors (Lipinski definition) is 2.